The molecule has 1 aliphatic heterocycles. The van der Waals surface area contributed by atoms with Gasteiger partial charge in [0, 0.05) is 58.4 Å². The number of imidazole rings is 1. The number of aromatic nitrogens is 3. The fourth-order valence-electron chi connectivity index (χ4n) is 3.32. The molecule has 1 atom stereocenters. The molecule has 7 nitrogen and oxygen atoms in total. The normalized spacial score (nSPS) is 17.3. The Labute approximate surface area is 207 Å². The van der Waals surface area contributed by atoms with E-state index < -0.39 is 17.0 Å². The molecule has 1 aliphatic rings. The first-order chi connectivity index (χ1) is 14.4. The molecule has 161 valence electrons. The molecule has 1 aromatic carbocycles. The number of nitrogens with zero attached hydrogens (tertiary/aromatic N) is 2. The third-order valence-electron chi connectivity index (χ3n) is 5.23. The smallest absolute Gasteiger partial charge is 0.322 e. The quantitative estimate of drug-likeness (QED) is 0.437. The van der Waals surface area contributed by atoms with Gasteiger partial charge < -0.3 is 18.8 Å². The maximum atomic E-state index is 12.8. The molecule has 0 aliphatic carbocycles. The molecule has 3 aromatic rings. The van der Waals surface area contributed by atoms with E-state index in [1.165, 1.54) is 0 Å². The molecular weight excluding hydrogens is 425 g/mol. The molecule has 1 saturated heterocycles. The maximum Gasteiger partial charge on any atom is 0.322 e. The SMILES string of the molecule is Cc1c(OCCC2COC(C)(C)OC2)ccnc1C[S+]([O-])c1nc2ccccc2[nH]1.[Na]. The summed E-state index contributed by atoms with van der Waals surface area (Å²) in [5, 5.41) is 0.462. The van der Waals surface area contributed by atoms with E-state index in [1.54, 1.807) is 6.20 Å². The Morgan fingerprint density at radius 3 is 2.71 bits per heavy atom. The molecule has 4 rings (SSSR count). The summed E-state index contributed by atoms with van der Waals surface area (Å²) in [6, 6.07) is 9.50. The van der Waals surface area contributed by atoms with Gasteiger partial charge in [-0.15, -0.1) is 0 Å². The van der Waals surface area contributed by atoms with Gasteiger partial charge in [-0.3, -0.25) is 9.97 Å². The molecule has 31 heavy (non-hydrogen) atoms. The van der Waals surface area contributed by atoms with Crippen LogP contribution in [0.4, 0.5) is 0 Å². The van der Waals surface area contributed by atoms with Crippen LogP contribution in [-0.4, -0.2) is 74.7 Å². The summed E-state index contributed by atoms with van der Waals surface area (Å²) < 4.78 is 30.2. The summed E-state index contributed by atoms with van der Waals surface area (Å²) in [4.78, 5) is 12.0. The van der Waals surface area contributed by atoms with Crippen LogP contribution in [0.25, 0.3) is 11.0 Å². The van der Waals surface area contributed by atoms with Crippen LogP contribution in [0.15, 0.2) is 41.7 Å². The van der Waals surface area contributed by atoms with Crippen molar-refractivity contribution in [2.24, 2.45) is 5.92 Å². The third kappa shape index (κ3) is 6.22. The molecule has 9 heteroatoms. The van der Waals surface area contributed by atoms with Gasteiger partial charge in [-0.2, -0.15) is 4.98 Å². The van der Waals surface area contributed by atoms with Crippen LogP contribution < -0.4 is 4.74 Å². The van der Waals surface area contributed by atoms with E-state index in [2.05, 4.69) is 15.0 Å². The van der Waals surface area contributed by atoms with Gasteiger partial charge in [0.05, 0.1) is 36.5 Å². The number of aromatic amines is 1. The van der Waals surface area contributed by atoms with Crippen molar-refractivity contribution in [1.29, 1.82) is 0 Å². The fourth-order valence-corrected chi connectivity index (χ4v) is 4.42. The zero-order chi connectivity index (χ0) is 21.1. The van der Waals surface area contributed by atoms with E-state index in [0.29, 0.717) is 30.9 Å². The minimum atomic E-state index is -1.32. The Morgan fingerprint density at radius 2 is 1.97 bits per heavy atom. The molecule has 1 fully saturated rings. The molecule has 0 bridgehead atoms. The summed E-state index contributed by atoms with van der Waals surface area (Å²) in [6.45, 7) is 7.71. The van der Waals surface area contributed by atoms with Crippen molar-refractivity contribution in [2.75, 3.05) is 19.8 Å². The predicted molar refractivity (Wildman–Crippen MR) is 121 cm³/mol. The summed E-state index contributed by atoms with van der Waals surface area (Å²) in [6.07, 6.45) is 2.54. The second kappa shape index (κ2) is 10.7. The average molecular weight is 453 g/mol. The molecule has 0 amide bonds. The van der Waals surface area contributed by atoms with Crippen molar-refractivity contribution in [1.82, 2.24) is 15.0 Å². The Bertz CT molecular complexity index is 970. The topological polar surface area (TPSA) is 92.3 Å². The van der Waals surface area contributed by atoms with E-state index in [4.69, 9.17) is 14.2 Å². The van der Waals surface area contributed by atoms with Crippen molar-refractivity contribution >= 4 is 51.8 Å². The molecule has 1 unspecified atom stereocenters. The first-order valence-corrected chi connectivity index (χ1v) is 11.4. The maximum absolute atomic E-state index is 12.8. The second-order valence-corrected chi connectivity index (χ2v) is 9.32. The van der Waals surface area contributed by atoms with Gasteiger partial charge in [0.15, 0.2) is 11.5 Å². The van der Waals surface area contributed by atoms with Crippen molar-refractivity contribution in [3.05, 3.63) is 47.8 Å². The predicted octanol–water partition coefficient (Wildman–Crippen LogP) is 3.36. The van der Waals surface area contributed by atoms with Crippen LogP contribution in [0, 0.1) is 12.8 Å². The number of H-pyrrole nitrogens is 1. The van der Waals surface area contributed by atoms with Gasteiger partial charge in [-0.1, -0.05) is 12.1 Å². The second-order valence-electron chi connectivity index (χ2n) is 7.95. The minimum absolute atomic E-state index is 0. The number of hydrogen-bond donors (Lipinski definition) is 1. The summed E-state index contributed by atoms with van der Waals surface area (Å²) in [5.41, 5.74) is 3.33. The molecule has 3 heterocycles. The van der Waals surface area contributed by atoms with Crippen LogP contribution in [0.2, 0.25) is 0 Å². The zero-order valence-corrected chi connectivity index (χ0v) is 21.3. The number of pyridine rings is 1. The van der Waals surface area contributed by atoms with Crippen LogP contribution in [-0.2, 0) is 26.4 Å². The Hall–Kier alpha value is -1.13. The van der Waals surface area contributed by atoms with Gasteiger partial charge in [0.1, 0.15) is 5.75 Å². The van der Waals surface area contributed by atoms with E-state index in [0.717, 1.165) is 34.5 Å². The standard InChI is InChI=1S/C22H27N3O4S.Na/c1-15-19(14-30(26)21-24-17-6-4-5-7-18(17)25-21)23-10-8-20(15)27-11-9-16-12-28-22(2,3)29-13-16;/h4-8,10,16H,9,11-14H2,1-3H3,(H,24,25);. The largest absolute Gasteiger partial charge is 0.609 e. The number of rotatable bonds is 7. The first-order valence-electron chi connectivity index (χ1n) is 10.1. The molecular formula is C22H27N3NaO4S. The number of fused-ring (bicyclic) bond motifs is 1. The van der Waals surface area contributed by atoms with Crippen molar-refractivity contribution in [2.45, 2.75) is 43.9 Å². The van der Waals surface area contributed by atoms with Crippen molar-refractivity contribution < 1.29 is 18.8 Å². The van der Waals surface area contributed by atoms with Crippen molar-refractivity contribution in [3.8, 4) is 5.75 Å². The van der Waals surface area contributed by atoms with Gasteiger partial charge in [0.2, 0.25) is 0 Å². The fraction of sp³-hybridized carbons (Fsp3) is 0.455. The van der Waals surface area contributed by atoms with Crippen LogP contribution >= 0.6 is 0 Å². The minimum Gasteiger partial charge on any atom is -0.609 e. The van der Waals surface area contributed by atoms with Crippen LogP contribution in [0.5, 0.6) is 5.75 Å². The number of nitrogens with one attached hydrogen (secondary N) is 1. The zero-order valence-electron chi connectivity index (χ0n) is 18.5. The number of hydrogen-bond acceptors (Lipinski definition) is 6. The number of para-hydroxylation sites is 2. The Kier molecular flexibility index (Phi) is 8.43. The number of benzene rings is 1. The van der Waals surface area contributed by atoms with E-state index in [9.17, 15) is 4.55 Å². The Balaban J connectivity index is 0.00000272. The third-order valence-corrected chi connectivity index (χ3v) is 6.39. The monoisotopic (exact) mass is 452 g/mol. The van der Waals surface area contributed by atoms with Crippen LogP contribution in [0.1, 0.15) is 31.5 Å². The van der Waals surface area contributed by atoms with Gasteiger partial charge >= 0.3 is 5.16 Å². The summed E-state index contributed by atoms with van der Waals surface area (Å²) in [7, 11) is 0. The first kappa shape index (κ1) is 24.5. The number of ether oxygens (including phenoxy) is 3. The van der Waals surface area contributed by atoms with E-state index in [-0.39, 0.29) is 35.3 Å². The van der Waals surface area contributed by atoms with E-state index in [1.807, 2.05) is 51.1 Å². The van der Waals surface area contributed by atoms with E-state index >= 15 is 0 Å². The molecule has 1 radical (unpaired) electrons. The molecule has 1 N–H and O–H groups in total. The molecule has 2 aromatic heterocycles. The van der Waals surface area contributed by atoms with Gasteiger partial charge in [-0.05, 0) is 45.4 Å². The van der Waals surface area contributed by atoms with Crippen LogP contribution in [0.3, 0.4) is 0 Å². The van der Waals surface area contributed by atoms with Gasteiger partial charge in [-0.25, -0.2) is 0 Å². The molecule has 0 spiro atoms. The summed E-state index contributed by atoms with van der Waals surface area (Å²) in [5.74, 6) is 0.867. The Morgan fingerprint density at radius 1 is 1.23 bits per heavy atom. The summed E-state index contributed by atoms with van der Waals surface area (Å²) >= 11 is -1.32. The molecule has 0 saturated carbocycles. The average Bonchev–Trinajstić information content (AvgIpc) is 3.16. The van der Waals surface area contributed by atoms with Gasteiger partial charge in [0.25, 0.3) is 0 Å². The van der Waals surface area contributed by atoms with Crippen molar-refractivity contribution in [3.63, 3.8) is 0 Å².